The molecule has 148 valence electrons. The van der Waals surface area contributed by atoms with E-state index in [1.165, 1.54) is 0 Å². The van der Waals surface area contributed by atoms with Crippen molar-refractivity contribution in [2.24, 2.45) is 0 Å². The summed E-state index contributed by atoms with van der Waals surface area (Å²) in [6.07, 6.45) is 0.918. The molecule has 0 fully saturated rings. The smallest absolute Gasteiger partial charge is 0.251 e. The molecule has 0 heterocycles. The molecular weight excluding hydrogens is 428 g/mol. The molecule has 1 atom stereocenters. The summed E-state index contributed by atoms with van der Waals surface area (Å²) in [5.74, 6) is -0.168. The molecule has 3 rings (SSSR count). The molecule has 2 N–H and O–H groups in total. The van der Waals surface area contributed by atoms with Crippen LogP contribution in [-0.2, 0) is 4.79 Å². The third kappa shape index (κ3) is 6.29. The van der Waals surface area contributed by atoms with Crippen LogP contribution in [0.15, 0.2) is 89.4 Å². The Morgan fingerprint density at radius 2 is 1.38 bits per heavy atom. The number of rotatable bonds is 8. The van der Waals surface area contributed by atoms with Gasteiger partial charge in [0.2, 0.25) is 5.91 Å². The molecule has 0 saturated carbocycles. The Labute approximate surface area is 179 Å². The van der Waals surface area contributed by atoms with Crippen molar-refractivity contribution in [3.8, 4) is 0 Å². The van der Waals surface area contributed by atoms with E-state index in [2.05, 4.69) is 26.6 Å². The van der Waals surface area contributed by atoms with E-state index in [0.717, 1.165) is 15.6 Å². The predicted molar refractivity (Wildman–Crippen MR) is 119 cm³/mol. The number of halogens is 1. The van der Waals surface area contributed by atoms with Crippen LogP contribution in [0.5, 0.6) is 0 Å². The molecule has 0 radical (unpaired) electrons. The summed E-state index contributed by atoms with van der Waals surface area (Å²) in [6.45, 7) is 0.454. The second-order valence-electron chi connectivity index (χ2n) is 6.69. The second kappa shape index (κ2) is 10.6. The summed E-state index contributed by atoms with van der Waals surface area (Å²) in [5, 5.41) is 5.98. The number of hydrogen-bond donors (Lipinski definition) is 2. The van der Waals surface area contributed by atoms with Gasteiger partial charge in [0.25, 0.3) is 5.91 Å². The molecule has 3 aromatic carbocycles. The van der Waals surface area contributed by atoms with Crippen molar-refractivity contribution in [3.63, 3.8) is 0 Å². The highest BCUT2D eigenvalue weighted by molar-refractivity contribution is 9.10. The van der Waals surface area contributed by atoms with Crippen LogP contribution in [-0.4, -0.2) is 18.4 Å². The first-order chi connectivity index (χ1) is 14.1. The summed E-state index contributed by atoms with van der Waals surface area (Å²) >= 11 is 3.45. The van der Waals surface area contributed by atoms with Gasteiger partial charge in [-0.2, -0.15) is 0 Å². The Balaban J connectivity index is 1.55. The van der Waals surface area contributed by atoms with Crippen molar-refractivity contribution in [2.45, 2.75) is 18.9 Å². The van der Waals surface area contributed by atoms with E-state index >= 15 is 0 Å². The van der Waals surface area contributed by atoms with Crippen molar-refractivity contribution in [2.75, 3.05) is 6.54 Å². The summed E-state index contributed by atoms with van der Waals surface area (Å²) in [5.41, 5.74) is 2.67. The minimum absolute atomic E-state index is 0.0456. The molecule has 0 aliphatic heterocycles. The number of benzene rings is 3. The molecule has 2 amide bonds. The lowest BCUT2D eigenvalue weighted by atomic mass is 9.98. The fourth-order valence-corrected chi connectivity index (χ4v) is 3.30. The minimum Gasteiger partial charge on any atom is -0.352 e. The zero-order chi connectivity index (χ0) is 20.5. The number of nitrogens with one attached hydrogen (secondary N) is 2. The maximum absolute atomic E-state index is 12.5. The number of hydrogen-bond acceptors (Lipinski definition) is 2. The van der Waals surface area contributed by atoms with Crippen LogP contribution in [0, 0.1) is 0 Å². The van der Waals surface area contributed by atoms with Crippen molar-refractivity contribution >= 4 is 27.7 Å². The van der Waals surface area contributed by atoms with Gasteiger partial charge in [0, 0.05) is 23.0 Å². The van der Waals surface area contributed by atoms with Crippen LogP contribution in [0.3, 0.4) is 0 Å². The van der Waals surface area contributed by atoms with Gasteiger partial charge < -0.3 is 10.6 Å². The lowest BCUT2D eigenvalue weighted by Crippen LogP contribution is -2.30. The van der Waals surface area contributed by atoms with E-state index in [-0.39, 0.29) is 17.9 Å². The minimum atomic E-state index is -0.212. The average Bonchev–Trinajstić information content (AvgIpc) is 2.77. The molecule has 0 bridgehead atoms. The molecule has 29 heavy (non-hydrogen) atoms. The Hall–Kier alpha value is -2.92. The molecule has 0 unspecified atom stereocenters. The molecule has 4 nitrogen and oxygen atoms in total. The van der Waals surface area contributed by atoms with Crippen LogP contribution >= 0.6 is 15.9 Å². The first-order valence-electron chi connectivity index (χ1n) is 9.56. The fraction of sp³-hybridized carbons (Fsp3) is 0.167. The van der Waals surface area contributed by atoms with E-state index in [9.17, 15) is 9.59 Å². The van der Waals surface area contributed by atoms with E-state index in [4.69, 9.17) is 0 Å². The van der Waals surface area contributed by atoms with E-state index in [1.807, 2.05) is 72.8 Å². The van der Waals surface area contributed by atoms with E-state index in [0.29, 0.717) is 24.9 Å². The average molecular weight is 451 g/mol. The van der Waals surface area contributed by atoms with Crippen molar-refractivity contribution < 1.29 is 9.59 Å². The molecule has 0 aliphatic carbocycles. The van der Waals surface area contributed by atoms with Gasteiger partial charge in [-0.15, -0.1) is 0 Å². The molecule has 0 spiro atoms. The lowest BCUT2D eigenvalue weighted by molar-refractivity contribution is -0.121. The third-order valence-corrected chi connectivity index (χ3v) is 5.07. The number of carbonyl (C=O) groups is 2. The van der Waals surface area contributed by atoms with Gasteiger partial charge in [-0.1, -0.05) is 76.6 Å². The SMILES string of the molecule is O=C(CCCNC(=O)c1ccccc1)N[C@@H](c1ccccc1)c1ccc(Br)cc1. The summed E-state index contributed by atoms with van der Waals surface area (Å²) < 4.78 is 0.994. The largest absolute Gasteiger partial charge is 0.352 e. The topological polar surface area (TPSA) is 58.2 Å². The van der Waals surface area contributed by atoms with E-state index < -0.39 is 0 Å². The highest BCUT2D eigenvalue weighted by Crippen LogP contribution is 2.23. The Kier molecular flexibility index (Phi) is 7.59. The zero-order valence-corrected chi connectivity index (χ0v) is 17.6. The highest BCUT2D eigenvalue weighted by atomic mass is 79.9. The lowest BCUT2D eigenvalue weighted by Gasteiger charge is -2.20. The third-order valence-electron chi connectivity index (χ3n) is 4.54. The fourth-order valence-electron chi connectivity index (χ4n) is 3.04. The monoisotopic (exact) mass is 450 g/mol. The van der Waals surface area contributed by atoms with E-state index in [1.54, 1.807) is 12.1 Å². The van der Waals surface area contributed by atoms with Crippen LogP contribution in [0.2, 0.25) is 0 Å². The van der Waals surface area contributed by atoms with Crippen LogP contribution < -0.4 is 10.6 Å². The van der Waals surface area contributed by atoms with Gasteiger partial charge in [0.1, 0.15) is 0 Å². The molecular formula is C24H23BrN2O2. The van der Waals surface area contributed by atoms with Gasteiger partial charge in [-0.25, -0.2) is 0 Å². The van der Waals surface area contributed by atoms with Gasteiger partial charge >= 0.3 is 0 Å². The maximum Gasteiger partial charge on any atom is 0.251 e. The number of carbonyl (C=O) groups excluding carboxylic acids is 2. The van der Waals surface area contributed by atoms with Crippen molar-refractivity contribution in [1.82, 2.24) is 10.6 Å². The predicted octanol–water partition coefficient (Wildman–Crippen LogP) is 4.86. The molecule has 0 saturated heterocycles. The van der Waals surface area contributed by atoms with Crippen LogP contribution in [0.4, 0.5) is 0 Å². The van der Waals surface area contributed by atoms with Crippen molar-refractivity contribution in [1.29, 1.82) is 0 Å². The Bertz CT molecular complexity index is 928. The maximum atomic E-state index is 12.5. The Morgan fingerprint density at radius 1 is 0.793 bits per heavy atom. The second-order valence-corrected chi connectivity index (χ2v) is 7.60. The highest BCUT2D eigenvalue weighted by Gasteiger charge is 2.16. The molecule has 5 heteroatoms. The zero-order valence-electron chi connectivity index (χ0n) is 16.0. The first-order valence-corrected chi connectivity index (χ1v) is 10.4. The van der Waals surface area contributed by atoms with Gasteiger partial charge in [0.05, 0.1) is 6.04 Å². The summed E-state index contributed by atoms with van der Waals surface area (Å²) in [4.78, 5) is 24.6. The van der Waals surface area contributed by atoms with Crippen molar-refractivity contribution in [3.05, 3.63) is 106 Å². The van der Waals surface area contributed by atoms with Gasteiger partial charge in [-0.3, -0.25) is 9.59 Å². The molecule has 0 aliphatic rings. The van der Waals surface area contributed by atoms with Gasteiger partial charge in [-0.05, 0) is 41.8 Å². The quantitative estimate of drug-likeness (QED) is 0.481. The van der Waals surface area contributed by atoms with Crippen LogP contribution in [0.25, 0.3) is 0 Å². The molecule has 0 aromatic heterocycles. The first kappa shape index (κ1) is 20.8. The van der Waals surface area contributed by atoms with Crippen LogP contribution in [0.1, 0.15) is 40.4 Å². The summed E-state index contributed by atoms with van der Waals surface area (Å²) in [6, 6.07) is 26.7. The number of amides is 2. The normalized spacial score (nSPS) is 11.5. The summed E-state index contributed by atoms with van der Waals surface area (Å²) in [7, 11) is 0. The standard InChI is InChI=1S/C24H23BrN2O2/c25-21-15-13-19(14-16-21)23(18-8-3-1-4-9-18)27-22(28)12-7-17-26-24(29)20-10-5-2-6-11-20/h1-6,8-11,13-16,23H,7,12,17H2,(H,26,29)(H,27,28)/t23-/m0/s1. The Morgan fingerprint density at radius 3 is 2.03 bits per heavy atom. The molecule has 3 aromatic rings. The van der Waals surface area contributed by atoms with Gasteiger partial charge in [0.15, 0.2) is 0 Å².